The van der Waals surface area contributed by atoms with Gasteiger partial charge in [0.2, 0.25) is 0 Å². The van der Waals surface area contributed by atoms with Crippen molar-refractivity contribution < 1.29 is 9.59 Å². The van der Waals surface area contributed by atoms with Crippen molar-refractivity contribution in [2.45, 2.75) is 13.5 Å². The van der Waals surface area contributed by atoms with Crippen LogP contribution in [0.4, 0.5) is 5.69 Å². The van der Waals surface area contributed by atoms with E-state index in [1.54, 1.807) is 42.7 Å². The van der Waals surface area contributed by atoms with Gasteiger partial charge in [-0.05, 0) is 42.3 Å². The molecule has 0 unspecified atom stereocenters. The number of halogens is 1. The van der Waals surface area contributed by atoms with Crippen molar-refractivity contribution in [2.75, 3.05) is 5.32 Å². The van der Waals surface area contributed by atoms with E-state index in [0.717, 1.165) is 11.1 Å². The van der Waals surface area contributed by atoms with Gasteiger partial charge in [0.25, 0.3) is 0 Å². The van der Waals surface area contributed by atoms with Crippen LogP contribution in [0.15, 0.2) is 42.7 Å². The van der Waals surface area contributed by atoms with Gasteiger partial charge in [0, 0.05) is 29.6 Å². The van der Waals surface area contributed by atoms with E-state index in [-0.39, 0.29) is 6.54 Å². The number of carbonyl (C=O) groups excluding carboxylic acids is 2. The van der Waals surface area contributed by atoms with Crippen molar-refractivity contribution in [1.82, 2.24) is 10.3 Å². The molecule has 0 saturated carbocycles. The third kappa shape index (κ3) is 4.29. The van der Waals surface area contributed by atoms with Crippen molar-refractivity contribution in [1.29, 1.82) is 0 Å². The van der Waals surface area contributed by atoms with Crippen LogP contribution in [0.3, 0.4) is 0 Å². The number of carbonyl (C=O) groups is 2. The van der Waals surface area contributed by atoms with Crippen LogP contribution >= 0.6 is 11.6 Å². The molecule has 0 spiro atoms. The van der Waals surface area contributed by atoms with Gasteiger partial charge < -0.3 is 10.6 Å². The molecule has 0 fully saturated rings. The van der Waals surface area contributed by atoms with Crippen LogP contribution < -0.4 is 10.6 Å². The van der Waals surface area contributed by atoms with E-state index in [2.05, 4.69) is 15.6 Å². The Balaban J connectivity index is 1.90. The van der Waals surface area contributed by atoms with Crippen molar-refractivity contribution in [2.24, 2.45) is 0 Å². The molecule has 6 heteroatoms. The van der Waals surface area contributed by atoms with Crippen LogP contribution in [0, 0.1) is 6.92 Å². The molecule has 0 aliphatic carbocycles. The van der Waals surface area contributed by atoms with Gasteiger partial charge in [-0.15, -0.1) is 0 Å². The van der Waals surface area contributed by atoms with E-state index in [1.807, 2.05) is 6.92 Å². The summed E-state index contributed by atoms with van der Waals surface area (Å²) >= 11 is 5.96. The first-order valence-corrected chi connectivity index (χ1v) is 6.68. The number of aryl methyl sites for hydroxylation is 1. The second-order valence-corrected chi connectivity index (χ2v) is 4.86. The fraction of sp³-hybridized carbons (Fsp3) is 0.133. The number of hydrogen-bond acceptors (Lipinski definition) is 3. The fourth-order valence-electron chi connectivity index (χ4n) is 1.62. The molecule has 0 saturated heterocycles. The molecule has 2 aromatic rings. The Morgan fingerprint density at radius 2 is 1.86 bits per heavy atom. The summed E-state index contributed by atoms with van der Waals surface area (Å²) in [6.07, 6.45) is 3.24. The van der Waals surface area contributed by atoms with Crippen molar-refractivity contribution in [3.05, 3.63) is 58.9 Å². The largest absolute Gasteiger partial charge is 0.344 e. The highest BCUT2D eigenvalue weighted by Crippen LogP contribution is 2.19. The first-order valence-electron chi connectivity index (χ1n) is 6.30. The van der Waals surface area contributed by atoms with Gasteiger partial charge in [-0.2, -0.15) is 0 Å². The maximum Gasteiger partial charge on any atom is 0.313 e. The normalized spacial score (nSPS) is 10.0. The van der Waals surface area contributed by atoms with E-state index in [1.165, 1.54) is 0 Å². The third-order valence-corrected chi connectivity index (χ3v) is 3.25. The predicted molar refractivity (Wildman–Crippen MR) is 80.9 cm³/mol. The highest BCUT2D eigenvalue weighted by molar-refractivity contribution is 6.39. The Morgan fingerprint density at radius 3 is 2.52 bits per heavy atom. The van der Waals surface area contributed by atoms with Crippen molar-refractivity contribution in [3.8, 4) is 0 Å². The van der Waals surface area contributed by atoms with Gasteiger partial charge in [0.1, 0.15) is 0 Å². The maximum atomic E-state index is 11.8. The highest BCUT2D eigenvalue weighted by atomic mass is 35.5. The summed E-state index contributed by atoms with van der Waals surface area (Å²) in [5.41, 5.74) is 2.25. The van der Waals surface area contributed by atoms with E-state index >= 15 is 0 Å². The molecule has 0 aliphatic heterocycles. The SMILES string of the molecule is Cc1ccc(NC(=O)C(=O)NCc2ccncc2)cc1Cl. The first kappa shape index (κ1) is 15.0. The van der Waals surface area contributed by atoms with Gasteiger partial charge in [0.05, 0.1) is 0 Å². The molecule has 2 amide bonds. The Kier molecular flexibility index (Phi) is 4.90. The molecule has 5 nitrogen and oxygen atoms in total. The monoisotopic (exact) mass is 303 g/mol. The van der Waals surface area contributed by atoms with Crippen LogP contribution in [0.25, 0.3) is 0 Å². The molecular weight excluding hydrogens is 290 g/mol. The van der Waals surface area contributed by atoms with Crippen molar-refractivity contribution >= 4 is 29.1 Å². The lowest BCUT2D eigenvalue weighted by molar-refractivity contribution is -0.136. The number of anilines is 1. The van der Waals surface area contributed by atoms with Crippen LogP contribution in [0.5, 0.6) is 0 Å². The minimum Gasteiger partial charge on any atom is -0.344 e. The molecule has 0 atom stereocenters. The Bertz CT molecular complexity index is 659. The second kappa shape index (κ2) is 6.85. The molecule has 108 valence electrons. The second-order valence-electron chi connectivity index (χ2n) is 4.46. The molecule has 0 radical (unpaired) electrons. The van der Waals surface area contributed by atoms with Gasteiger partial charge in [-0.1, -0.05) is 17.7 Å². The Hall–Kier alpha value is -2.40. The van der Waals surface area contributed by atoms with Crippen LogP contribution in [0.1, 0.15) is 11.1 Å². The first-order chi connectivity index (χ1) is 10.1. The quantitative estimate of drug-likeness (QED) is 0.855. The standard InChI is InChI=1S/C15H14ClN3O2/c1-10-2-3-12(8-13(10)16)19-15(21)14(20)18-9-11-4-6-17-7-5-11/h2-8H,9H2,1H3,(H,18,20)(H,19,21). The summed E-state index contributed by atoms with van der Waals surface area (Å²) in [4.78, 5) is 27.3. The summed E-state index contributed by atoms with van der Waals surface area (Å²) in [5.74, 6) is -1.44. The average molecular weight is 304 g/mol. The van der Waals surface area contributed by atoms with Crippen LogP contribution in [-0.2, 0) is 16.1 Å². The van der Waals surface area contributed by atoms with Gasteiger partial charge in [-0.25, -0.2) is 0 Å². The molecule has 1 aromatic heterocycles. The van der Waals surface area contributed by atoms with Gasteiger partial charge in [-0.3, -0.25) is 14.6 Å². The molecule has 21 heavy (non-hydrogen) atoms. The molecule has 1 heterocycles. The lowest BCUT2D eigenvalue weighted by Gasteiger charge is -2.07. The maximum absolute atomic E-state index is 11.8. The molecule has 2 N–H and O–H groups in total. The summed E-state index contributed by atoms with van der Waals surface area (Å²) in [7, 11) is 0. The number of hydrogen-bond donors (Lipinski definition) is 2. The third-order valence-electron chi connectivity index (χ3n) is 2.84. The molecular formula is C15H14ClN3O2. The zero-order chi connectivity index (χ0) is 15.2. The van der Waals surface area contributed by atoms with E-state index < -0.39 is 11.8 Å². The number of nitrogens with one attached hydrogen (secondary N) is 2. The minimum absolute atomic E-state index is 0.267. The smallest absolute Gasteiger partial charge is 0.313 e. The number of aromatic nitrogens is 1. The summed E-state index contributed by atoms with van der Waals surface area (Å²) < 4.78 is 0. The topological polar surface area (TPSA) is 71.1 Å². The van der Waals surface area contributed by atoms with Crippen LogP contribution in [-0.4, -0.2) is 16.8 Å². The Morgan fingerprint density at radius 1 is 1.14 bits per heavy atom. The zero-order valence-corrected chi connectivity index (χ0v) is 12.1. The number of nitrogens with zero attached hydrogens (tertiary/aromatic N) is 1. The summed E-state index contributed by atoms with van der Waals surface area (Å²) in [6.45, 7) is 2.12. The number of pyridine rings is 1. The van der Waals surface area contributed by atoms with E-state index in [4.69, 9.17) is 11.6 Å². The molecule has 0 bridgehead atoms. The number of benzene rings is 1. The number of amides is 2. The summed E-state index contributed by atoms with van der Waals surface area (Å²) in [6, 6.07) is 8.59. The van der Waals surface area contributed by atoms with E-state index in [9.17, 15) is 9.59 Å². The molecule has 1 aromatic carbocycles. The lowest BCUT2D eigenvalue weighted by Crippen LogP contribution is -2.34. The fourth-order valence-corrected chi connectivity index (χ4v) is 1.80. The summed E-state index contributed by atoms with van der Waals surface area (Å²) in [5, 5.41) is 5.56. The van der Waals surface area contributed by atoms with Crippen LogP contribution in [0.2, 0.25) is 5.02 Å². The average Bonchev–Trinajstić information content (AvgIpc) is 2.49. The van der Waals surface area contributed by atoms with E-state index in [0.29, 0.717) is 10.7 Å². The predicted octanol–water partition coefficient (Wildman–Crippen LogP) is 2.30. The highest BCUT2D eigenvalue weighted by Gasteiger charge is 2.13. The zero-order valence-electron chi connectivity index (χ0n) is 11.4. The van der Waals surface area contributed by atoms with Gasteiger partial charge >= 0.3 is 11.8 Å². The Labute approximate surface area is 127 Å². The van der Waals surface area contributed by atoms with Gasteiger partial charge in [0.15, 0.2) is 0 Å². The lowest BCUT2D eigenvalue weighted by atomic mass is 10.2. The van der Waals surface area contributed by atoms with Crippen molar-refractivity contribution in [3.63, 3.8) is 0 Å². The minimum atomic E-state index is -0.732. The number of rotatable bonds is 3. The molecule has 2 rings (SSSR count). The molecule has 0 aliphatic rings.